The number of nitrogens with zero attached hydrogens (tertiary/aromatic N) is 1. The fraction of sp³-hybridized carbons (Fsp3) is 0.318. The third-order valence-electron chi connectivity index (χ3n) is 4.31. The summed E-state index contributed by atoms with van der Waals surface area (Å²) in [6, 6.07) is 13.9. The largest absolute Gasteiger partial charge is 0.326 e. The van der Waals surface area contributed by atoms with Crippen LogP contribution in [0.5, 0.6) is 0 Å². The molecule has 0 fully saturated rings. The topological polar surface area (TPSA) is 70.6 Å². The summed E-state index contributed by atoms with van der Waals surface area (Å²) in [6.07, 6.45) is 5.27. The molecule has 0 spiro atoms. The summed E-state index contributed by atoms with van der Waals surface area (Å²) in [7, 11) is 0. The maximum absolute atomic E-state index is 12.4. The lowest BCUT2D eigenvalue weighted by Gasteiger charge is -2.15. The first kappa shape index (κ1) is 21.6. The van der Waals surface area contributed by atoms with Crippen LogP contribution in [0, 0.1) is 5.92 Å². The van der Waals surface area contributed by atoms with E-state index in [-0.39, 0.29) is 17.7 Å². The quantitative estimate of drug-likeness (QED) is 0.446. The number of rotatable bonds is 9. The highest BCUT2D eigenvalue weighted by Crippen LogP contribution is 2.17. The molecule has 0 aromatic heterocycles. The molecule has 28 heavy (non-hydrogen) atoms. The Labute approximate surface area is 171 Å². The molecule has 0 radical (unpaired) electrons. The van der Waals surface area contributed by atoms with Gasteiger partial charge >= 0.3 is 0 Å². The Kier molecular flexibility index (Phi) is 8.69. The summed E-state index contributed by atoms with van der Waals surface area (Å²) >= 11 is 5.83. The molecule has 2 N–H and O–H groups in total. The average Bonchev–Trinajstić information content (AvgIpc) is 2.69. The van der Waals surface area contributed by atoms with Crippen molar-refractivity contribution in [3.63, 3.8) is 0 Å². The van der Waals surface area contributed by atoms with Crippen molar-refractivity contribution in [2.45, 2.75) is 39.5 Å². The highest BCUT2D eigenvalue weighted by molar-refractivity contribution is 6.30. The standard InChI is InChI=1S/C22H26ClN3O2/c1-3-5-17(6-4-2)21(27)25-20-13-9-18(10-14-20)22(28)26-24-15-16-7-11-19(23)12-8-16/h7-15,17H,3-6H2,1-2H3,(H,25,27)(H,26,28)/b24-15+. The van der Waals surface area contributed by atoms with E-state index in [0.29, 0.717) is 16.3 Å². The molecule has 5 nitrogen and oxygen atoms in total. The zero-order valence-corrected chi connectivity index (χ0v) is 17.0. The Morgan fingerprint density at radius 3 is 2.18 bits per heavy atom. The number of nitrogens with one attached hydrogen (secondary N) is 2. The molecule has 0 saturated heterocycles. The summed E-state index contributed by atoms with van der Waals surface area (Å²) in [5.41, 5.74) is 4.46. The minimum Gasteiger partial charge on any atom is -0.326 e. The Morgan fingerprint density at radius 1 is 1.00 bits per heavy atom. The lowest BCUT2D eigenvalue weighted by molar-refractivity contribution is -0.120. The molecule has 2 amide bonds. The number of benzene rings is 2. The lowest BCUT2D eigenvalue weighted by Crippen LogP contribution is -2.23. The third kappa shape index (κ3) is 6.82. The van der Waals surface area contributed by atoms with Gasteiger partial charge in [-0.25, -0.2) is 5.43 Å². The van der Waals surface area contributed by atoms with E-state index in [1.807, 2.05) is 0 Å². The van der Waals surface area contributed by atoms with E-state index in [4.69, 9.17) is 11.6 Å². The lowest BCUT2D eigenvalue weighted by atomic mass is 9.97. The van der Waals surface area contributed by atoms with Gasteiger partial charge in [0.2, 0.25) is 5.91 Å². The van der Waals surface area contributed by atoms with Gasteiger partial charge in [-0.2, -0.15) is 5.10 Å². The molecular formula is C22H26ClN3O2. The first-order chi connectivity index (χ1) is 13.5. The van der Waals surface area contributed by atoms with Gasteiger partial charge in [0.05, 0.1) is 6.21 Å². The van der Waals surface area contributed by atoms with E-state index in [2.05, 4.69) is 29.7 Å². The SMILES string of the molecule is CCCC(CCC)C(=O)Nc1ccc(C(=O)N/N=C/c2ccc(Cl)cc2)cc1. The van der Waals surface area contributed by atoms with Crippen LogP contribution in [0.25, 0.3) is 0 Å². The van der Waals surface area contributed by atoms with Crippen LogP contribution in [-0.4, -0.2) is 18.0 Å². The van der Waals surface area contributed by atoms with Gasteiger partial charge in [-0.05, 0) is 54.8 Å². The number of halogens is 1. The maximum Gasteiger partial charge on any atom is 0.271 e. The fourth-order valence-electron chi connectivity index (χ4n) is 2.83. The van der Waals surface area contributed by atoms with Crippen molar-refractivity contribution in [3.05, 3.63) is 64.7 Å². The third-order valence-corrected chi connectivity index (χ3v) is 4.56. The first-order valence-electron chi connectivity index (χ1n) is 9.53. The minimum absolute atomic E-state index is 0.0279. The first-order valence-corrected chi connectivity index (χ1v) is 9.91. The molecule has 0 unspecified atom stereocenters. The van der Waals surface area contributed by atoms with Gasteiger partial charge in [0, 0.05) is 22.2 Å². The minimum atomic E-state index is -0.321. The zero-order valence-electron chi connectivity index (χ0n) is 16.2. The number of hydrogen-bond donors (Lipinski definition) is 2. The Hall–Kier alpha value is -2.66. The number of carbonyl (C=O) groups excluding carboxylic acids is 2. The molecule has 0 aliphatic rings. The van der Waals surface area contributed by atoms with E-state index >= 15 is 0 Å². The number of hydrazone groups is 1. The van der Waals surface area contributed by atoms with E-state index in [1.54, 1.807) is 54.7 Å². The molecule has 2 aromatic rings. The van der Waals surface area contributed by atoms with Crippen LogP contribution >= 0.6 is 11.6 Å². The van der Waals surface area contributed by atoms with Crippen LogP contribution in [-0.2, 0) is 4.79 Å². The van der Waals surface area contributed by atoms with Crippen LogP contribution in [0.4, 0.5) is 5.69 Å². The predicted molar refractivity (Wildman–Crippen MR) is 115 cm³/mol. The van der Waals surface area contributed by atoms with E-state index in [9.17, 15) is 9.59 Å². The maximum atomic E-state index is 12.4. The van der Waals surface area contributed by atoms with Crippen molar-refractivity contribution in [2.75, 3.05) is 5.32 Å². The summed E-state index contributed by atoms with van der Waals surface area (Å²) in [6.45, 7) is 4.16. The van der Waals surface area contributed by atoms with Crippen LogP contribution in [0.1, 0.15) is 55.5 Å². The molecule has 0 aliphatic carbocycles. The van der Waals surface area contributed by atoms with Gasteiger partial charge in [-0.3, -0.25) is 9.59 Å². The second-order valence-corrected chi connectivity index (χ2v) is 7.03. The predicted octanol–water partition coefficient (Wildman–Crippen LogP) is 5.26. The van der Waals surface area contributed by atoms with Crippen molar-refractivity contribution in [3.8, 4) is 0 Å². The zero-order chi connectivity index (χ0) is 20.4. The molecule has 2 aromatic carbocycles. The highest BCUT2D eigenvalue weighted by atomic mass is 35.5. The van der Waals surface area contributed by atoms with Gasteiger partial charge in [-0.15, -0.1) is 0 Å². The van der Waals surface area contributed by atoms with E-state index < -0.39 is 0 Å². The van der Waals surface area contributed by atoms with E-state index in [1.165, 1.54) is 0 Å². The smallest absolute Gasteiger partial charge is 0.271 e. The molecule has 0 heterocycles. The monoisotopic (exact) mass is 399 g/mol. The molecule has 0 atom stereocenters. The summed E-state index contributed by atoms with van der Waals surface area (Å²) in [4.78, 5) is 24.6. The van der Waals surface area contributed by atoms with Crippen molar-refractivity contribution in [2.24, 2.45) is 11.0 Å². The normalized spacial score (nSPS) is 11.0. The van der Waals surface area contributed by atoms with Gasteiger partial charge in [0.25, 0.3) is 5.91 Å². The second-order valence-electron chi connectivity index (χ2n) is 6.59. The number of hydrogen-bond acceptors (Lipinski definition) is 3. The number of amides is 2. The summed E-state index contributed by atoms with van der Waals surface area (Å²) < 4.78 is 0. The van der Waals surface area contributed by atoms with Gasteiger partial charge in [0.1, 0.15) is 0 Å². The van der Waals surface area contributed by atoms with Crippen LogP contribution in [0.2, 0.25) is 5.02 Å². The van der Waals surface area contributed by atoms with Crippen LogP contribution < -0.4 is 10.7 Å². The van der Waals surface area contributed by atoms with Gasteiger partial charge < -0.3 is 5.32 Å². The van der Waals surface area contributed by atoms with Crippen molar-refractivity contribution >= 4 is 35.3 Å². The van der Waals surface area contributed by atoms with Crippen LogP contribution in [0.3, 0.4) is 0 Å². The molecule has 0 aliphatic heterocycles. The van der Waals surface area contributed by atoms with Crippen molar-refractivity contribution < 1.29 is 9.59 Å². The molecule has 148 valence electrons. The number of carbonyl (C=O) groups is 2. The Bertz CT molecular complexity index is 796. The van der Waals surface area contributed by atoms with Crippen LogP contribution in [0.15, 0.2) is 53.6 Å². The average molecular weight is 400 g/mol. The van der Waals surface area contributed by atoms with Crippen molar-refractivity contribution in [1.29, 1.82) is 0 Å². The van der Waals surface area contributed by atoms with Gasteiger partial charge in [-0.1, -0.05) is 50.4 Å². The summed E-state index contributed by atoms with van der Waals surface area (Å²) in [5.74, 6) is -0.258. The molecule has 6 heteroatoms. The summed E-state index contributed by atoms with van der Waals surface area (Å²) in [5, 5.41) is 7.52. The second kappa shape index (κ2) is 11.2. The Morgan fingerprint density at radius 2 is 1.61 bits per heavy atom. The molecule has 2 rings (SSSR count). The van der Waals surface area contributed by atoms with Gasteiger partial charge in [0.15, 0.2) is 0 Å². The van der Waals surface area contributed by atoms with Crippen molar-refractivity contribution in [1.82, 2.24) is 5.43 Å². The fourth-order valence-corrected chi connectivity index (χ4v) is 2.96. The highest BCUT2D eigenvalue weighted by Gasteiger charge is 2.16. The number of anilines is 1. The van der Waals surface area contributed by atoms with E-state index in [0.717, 1.165) is 31.2 Å². The molecular weight excluding hydrogens is 374 g/mol. The molecule has 0 saturated carbocycles. The Balaban J connectivity index is 1.91. The molecule has 0 bridgehead atoms.